The maximum Gasteiger partial charge on any atom is 0.0897 e. The third-order valence-electron chi connectivity index (χ3n) is 4.12. The van der Waals surface area contributed by atoms with E-state index >= 15 is 0 Å². The molecule has 1 aliphatic carbocycles. The average molecular weight is 295 g/mol. The second-order valence-electron chi connectivity index (χ2n) is 6.32. The van der Waals surface area contributed by atoms with Crippen LogP contribution < -0.4 is 5.32 Å². The van der Waals surface area contributed by atoms with Gasteiger partial charge in [0.2, 0.25) is 0 Å². The summed E-state index contributed by atoms with van der Waals surface area (Å²) in [6.45, 7) is 4.13. The summed E-state index contributed by atoms with van der Waals surface area (Å²) in [6.07, 6.45) is 7.60. The summed E-state index contributed by atoms with van der Waals surface area (Å²) < 4.78 is 7.64. The summed E-state index contributed by atoms with van der Waals surface area (Å²) in [5.74, 6) is 0.761. The number of aryl methyl sites for hydroxylation is 1. The number of aromatic nitrogens is 2. The lowest BCUT2D eigenvalue weighted by Gasteiger charge is -2.27. The Balaban J connectivity index is 1.52. The van der Waals surface area contributed by atoms with Crippen LogP contribution in [-0.4, -0.2) is 46.8 Å². The van der Waals surface area contributed by atoms with Gasteiger partial charge in [-0.3, -0.25) is 4.68 Å². The number of nitrogens with zero attached hydrogens (tertiary/aromatic N) is 2. The van der Waals surface area contributed by atoms with Crippen molar-refractivity contribution in [3.05, 3.63) is 18.0 Å². The number of nitrogens with one attached hydrogen (secondary N) is 1. The number of aliphatic hydroxyl groups excluding tert-OH is 1. The van der Waals surface area contributed by atoms with Crippen LogP contribution >= 0.6 is 0 Å². The fourth-order valence-corrected chi connectivity index (χ4v) is 2.92. The molecule has 1 aliphatic rings. The van der Waals surface area contributed by atoms with Crippen LogP contribution in [0.3, 0.4) is 0 Å². The molecule has 0 saturated heterocycles. The highest BCUT2D eigenvalue weighted by Gasteiger charge is 2.20. The topological polar surface area (TPSA) is 59.3 Å². The third-order valence-corrected chi connectivity index (χ3v) is 4.12. The van der Waals surface area contributed by atoms with Gasteiger partial charge in [-0.25, -0.2) is 0 Å². The second-order valence-corrected chi connectivity index (χ2v) is 6.32. The van der Waals surface area contributed by atoms with Crippen LogP contribution in [0.1, 0.15) is 38.3 Å². The summed E-state index contributed by atoms with van der Waals surface area (Å²) in [5, 5.41) is 17.5. The Hall–Kier alpha value is -0.910. The first-order valence-electron chi connectivity index (χ1n) is 8.12. The predicted molar refractivity (Wildman–Crippen MR) is 83.2 cm³/mol. The van der Waals surface area contributed by atoms with Gasteiger partial charge in [-0.05, 0) is 24.8 Å². The molecular weight excluding hydrogens is 266 g/mol. The zero-order chi connectivity index (χ0) is 15.1. The van der Waals surface area contributed by atoms with Crippen molar-refractivity contribution in [2.45, 2.75) is 51.2 Å². The molecule has 1 heterocycles. The molecule has 0 aliphatic heterocycles. The normalized spacial score (nSPS) is 24.1. The molecule has 1 aromatic heterocycles. The van der Waals surface area contributed by atoms with Crippen molar-refractivity contribution in [2.24, 2.45) is 13.0 Å². The minimum absolute atomic E-state index is 0.344. The molecule has 5 nitrogen and oxygen atoms in total. The molecule has 1 aromatic rings. The van der Waals surface area contributed by atoms with Crippen molar-refractivity contribution >= 4 is 0 Å². The highest BCUT2D eigenvalue weighted by molar-refractivity contribution is 4.98. The Morgan fingerprint density at radius 2 is 2.38 bits per heavy atom. The molecule has 0 bridgehead atoms. The summed E-state index contributed by atoms with van der Waals surface area (Å²) in [4.78, 5) is 0. The molecule has 1 fully saturated rings. The lowest BCUT2D eigenvalue weighted by Crippen LogP contribution is -2.34. The van der Waals surface area contributed by atoms with Crippen molar-refractivity contribution in [2.75, 3.05) is 19.7 Å². The summed E-state index contributed by atoms with van der Waals surface area (Å²) in [7, 11) is 1.92. The molecule has 0 aromatic carbocycles. The summed E-state index contributed by atoms with van der Waals surface area (Å²) in [6, 6.07) is 2.02. The number of ether oxygens (including phenoxy) is 1. The van der Waals surface area contributed by atoms with Crippen molar-refractivity contribution < 1.29 is 9.84 Å². The first-order valence-corrected chi connectivity index (χ1v) is 8.12. The van der Waals surface area contributed by atoms with Gasteiger partial charge in [-0.15, -0.1) is 0 Å². The Labute approximate surface area is 127 Å². The van der Waals surface area contributed by atoms with Crippen LogP contribution in [0.4, 0.5) is 0 Å². The van der Waals surface area contributed by atoms with Crippen molar-refractivity contribution in [1.82, 2.24) is 15.1 Å². The zero-order valence-corrected chi connectivity index (χ0v) is 13.3. The first kappa shape index (κ1) is 16.5. The lowest BCUT2D eigenvalue weighted by atomic mass is 9.89. The van der Waals surface area contributed by atoms with Crippen LogP contribution in [0.5, 0.6) is 0 Å². The fourth-order valence-electron chi connectivity index (χ4n) is 2.92. The molecule has 0 amide bonds. The van der Waals surface area contributed by atoms with Crippen molar-refractivity contribution in [3.63, 3.8) is 0 Å². The van der Waals surface area contributed by atoms with Gasteiger partial charge < -0.3 is 15.2 Å². The first-order chi connectivity index (χ1) is 10.1. The van der Waals surface area contributed by atoms with E-state index in [1.165, 1.54) is 12.8 Å². The smallest absolute Gasteiger partial charge is 0.0897 e. The van der Waals surface area contributed by atoms with E-state index in [0.717, 1.165) is 37.4 Å². The van der Waals surface area contributed by atoms with Crippen LogP contribution in [0.2, 0.25) is 0 Å². The Morgan fingerprint density at radius 3 is 3.10 bits per heavy atom. The Morgan fingerprint density at radius 1 is 1.52 bits per heavy atom. The predicted octanol–water partition coefficient (Wildman–Crippen LogP) is 1.51. The van der Waals surface area contributed by atoms with Gasteiger partial charge in [0.25, 0.3) is 0 Å². The molecule has 0 spiro atoms. The van der Waals surface area contributed by atoms with Gasteiger partial charge in [0.15, 0.2) is 0 Å². The molecule has 120 valence electrons. The minimum Gasteiger partial charge on any atom is -0.389 e. The van der Waals surface area contributed by atoms with Gasteiger partial charge in [-0.2, -0.15) is 5.10 Å². The van der Waals surface area contributed by atoms with E-state index in [1.54, 1.807) is 0 Å². The Bertz CT molecular complexity index is 408. The highest BCUT2D eigenvalue weighted by atomic mass is 16.5. The molecule has 2 rings (SSSR count). The van der Waals surface area contributed by atoms with E-state index in [-0.39, 0.29) is 0 Å². The van der Waals surface area contributed by atoms with Gasteiger partial charge in [0.1, 0.15) is 0 Å². The molecule has 5 heteroatoms. The number of hydrogen-bond acceptors (Lipinski definition) is 4. The largest absolute Gasteiger partial charge is 0.389 e. The molecular formula is C16H29N3O2. The van der Waals surface area contributed by atoms with Gasteiger partial charge >= 0.3 is 0 Å². The van der Waals surface area contributed by atoms with E-state index in [2.05, 4.69) is 17.3 Å². The maximum atomic E-state index is 9.94. The van der Waals surface area contributed by atoms with E-state index < -0.39 is 6.10 Å². The second kappa shape index (κ2) is 8.51. The maximum absolute atomic E-state index is 9.94. The summed E-state index contributed by atoms with van der Waals surface area (Å²) >= 11 is 0. The van der Waals surface area contributed by atoms with E-state index in [9.17, 15) is 5.11 Å². The Kier molecular flexibility index (Phi) is 6.67. The molecule has 2 N–H and O–H groups in total. The standard InChI is InChI=1S/C16H29N3O2/c1-13-4-3-5-16(10-13)21-12-15(20)11-17-8-6-14-7-9-19(2)18-14/h7,9,13,15-17,20H,3-6,8,10-12H2,1-2H3. The third kappa shape index (κ3) is 6.16. The minimum atomic E-state index is -0.425. The average Bonchev–Trinajstić information content (AvgIpc) is 2.87. The molecule has 3 unspecified atom stereocenters. The van der Waals surface area contributed by atoms with Crippen LogP contribution in [-0.2, 0) is 18.2 Å². The van der Waals surface area contributed by atoms with Gasteiger partial charge in [0, 0.05) is 32.8 Å². The monoisotopic (exact) mass is 295 g/mol. The summed E-state index contributed by atoms with van der Waals surface area (Å²) in [5.41, 5.74) is 1.08. The van der Waals surface area contributed by atoms with Crippen LogP contribution in [0, 0.1) is 5.92 Å². The van der Waals surface area contributed by atoms with Crippen LogP contribution in [0.15, 0.2) is 12.3 Å². The molecule has 21 heavy (non-hydrogen) atoms. The zero-order valence-electron chi connectivity index (χ0n) is 13.3. The van der Waals surface area contributed by atoms with Crippen molar-refractivity contribution in [3.8, 4) is 0 Å². The van der Waals surface area contributed by atoms with E-state index in [0.29, 0.717) is 19.3 Å². The highest BCUT2D eigenvalue weighted by Crippen LogP contribution is 2.25. The van der Waals surface area contributed by atoms with Crippen molar-refractivity contribution in [1.29, 1.82) is 0 Å². The van der Waals surface area contributed by atoms with Gasteiger partial charge in [0.05, 0.1) is 24.5 Å². The van der Waals surface area contributed by atoms with E-state index in [1.807, 2.05) is 24.0 Å². The van der Waals surface area contributed by atoms with E-state index in [4.69, 9.17) is 4.74 Å². The molecule has 0 radical (unpaired) electrons. The van der Waals surface area contributed by atoms with Gasteiger partial charge in [-0.1, -0.05) is 19.8 Å². The SMILES string of the molecule is CC1CCCC(OCC(O)CNCCc2ccn(C)n2)C1. The number of hydrogen-bond donors (Lipinski definition) is 2. The number of aliphatic hydroxyl groups is 1. The number of rotatable bonds is 8. The fraction of sp³-hybridized carbons (Fsp3) is 0.812. The van der Waals surface area contributed by atoms with Crippen LogP contribution in [0.25, 0.3) is 0 Å². The molecule has 3 atom stereocenters. The quantitative estimate of drug-likeness (QED) is 0.714. The lowest BCUT2D eigenvalue weighted by molar-refractivity contribution is -0.0305. The molecule has 1 saturated carbocycles.